The first kappa shape index (κ1) is 41.4. The number of aliphatic hydroxyl groups excluding tert-OH is 4. The molecule has 5 N–H and O–H groups in total. The number of aliphatic hydroxyl groups is 4. The standard InChI is InChI=1S/C21H21N3O7.C12H9ClO2.C11H10O/c25-10-15-17(26)18(27)19(31-15)24-9-8-16(22-20(24)28)23-21(29)30-11-13-6-3-5-12-4-1-2-7-14(12)13;13-12(14)15-8-10-6-3-5-9-4-1-2-7-11(9)10;12-8-10-6-3-5-9-4-1-2-7-11(9)10/h1-9,15,17-19,25-27H,10-11H2,(H,22,23,28,29);1-7H,8H2;1-7,12H,8H2. The summed E-state index contributed by atoms with van der Waals surface area (Å²) in [5.74, 6) is -0.0455. The van der Waals surface area contributed by atoms with Crippen LogP contribution in [0.4, 0.5) is 15.4 Å². The van der Waals surface area contributed by atoms with Crippen LogP contribution in [0, 0.1) is 0 Å². The molecule has 4 unspecified atom stereocenters. The van der Waals surface area contributed by atoms with Crippen molar-refractivity contribution in [3.8, 4) is 0 Å². The molecular weight excluding hydrogens is 766 g/mol. The van der Waals surface area contributed by atoms with Crippen LogP contribution in [0.25, 0.3) is 32.3 Å². The average Bonchev–Trinajstić information content (AvgIpc) is 3.54. The number of hydrogen-bond acceptors (Lipinski definition) is 11. The van der Waals surface area contributed by atoms with Gasteiger partial charge in [0.1, 0.15) is 37.3 Å². The minimum atomic E-state index is -1.42. The molecule has 0 spiro atoms. The van der Waals surface area contributed by atoms with E-state index in [0.717, 1.165) is 48.2 Å². The smallest absolute Gasteiger partial charge is 0.413 e. The van der Waals surface area contributed by atoms with Crippen LogP contribution in [-0.2, 0) is 34.0 Å². The molecule has 1 amide bonds. The Kier molecular flexibility index (Phi) is 14.1. The van der Waals surface area contributed by atoms with E-state index in [2.05, 4.69) is 22.4 Å². The Morgan fingerprint density at radius 1 is 0.672 bits per heavy atom. The lowest BCUT2D eigenvalue weighted by Crippen LogP contribution is -2.36. The monoisotopic (exact) mass is 805 g/mol. The second-order valence-corrected chi connectivity index (χ2v) is 13.3. The maximum atomic E-state index is 12.3. The zero-order valence-corrected chi connectivity index (χ0v) is 31.7. The molecule has 7 aromatic rings. The third-order valence-corrected chi connectivity index (χ3v) is 9.47. The molecule has 8 rings (SSSR count). The molecule has 0 bridgehead atoms. The topological polar surface area (TPSA) is 190 Å². The molecule has 58 heavy (non-hydrogen) atoms. The summed E-state index contributed by atoms with van der Waals surface area (Å²) in [5, 5.41) is 47.0. The number of fused-ring (bicyclic) bond motifs is 3. The molecule has 1 aliphatic heterocycles. The van der Waals surface area contributed by atoms with Gasteiger partial charge in [0, 0.05) is 17.8 Å². The second kappa shape index (κ2) is 19.8. The average molecular weight is 806 g/mol. The minimum absolute atomic E-state index is 0.0345. The molecule has 1 aromatic heterocycles. The fraction of sp³-hybridized carbons (Fsp3) is 0.182. The van der Waals surface area contributed by atoms with Crippen molar-refractivity contribution >= 4 is 61.3 Å². The van der Waals surface area contributed by atoms with E-state index in [1.807, 2.05) is 115 Å². The largest absolute Gasteiger partial charge is 0.449 e. The van der Waals surface area contributed by atoms with Crippen molar-refractivity contribution in [2.75, 3.05) is 11.9 Å². The van der Waals surface area contributed by atoms with Gasteiger partial charge in [-0.25, -0.2) is 14.4 Å². The number of nitrogens with one attached hydrogen (secondary N) is 1. The van der Waals surface area contributed by atoms with E-state index in [-0.39, 0.29) is 25.6 Å². The van der Waals surface area contributed by atoms with E-state index >= 15 is 0 Å². The number of benzene rings is 6. The number of rotatable bonds is 8. The van der Waals surface area contributed by atoms with Crippen molar-refractivity contribution < 1.29 is 44.2 Å². The van der Waals surface area contributed by atoms with Crippen molar-refractivity contribution in [1.82, 2.24) is 9.55 Å². The van der Waals surface area contributed by atoms with Crippen molar-refractivity contribution in [2.45, 2.75) is 44.4 Å². The summed E-state index contributed by atoms with van der Waals surface area (Å²) >= 11 is 5.12. The highest BCUT2D eigenvalue weighted by Crippen LogP contribution is 2.28. The number of hydrogen-bond donors (Lipinski definition) is 5. The van der Waals surface area contributed by atoms with Gasteiger partial charge in [-0.3, -0.25) is 9.88 Å². The number of carbonyl (C=O) groups excluding carboxylic acids is 2. The molecule has 2 heterocycles. The van der Waals surface area contributed by atoms with Gasteiger partial charge in [0.2, 0.25) is 0 Å². The lowest BCUT2D eigenvalue weighted by atomic mass is 10.1. The van der Waals surface area contributed by atoms with Crippen LogP contribution in [0.1, 0.15) is 22.9 Å². The summed E-state index contributed by atoms with van der Waals surface area (Å²) in [6.07, 6.45) is -4.51. The molecule has 1 saturated heterocycles. The highest BCUT2D eigenvalue weighted by Gasteiger charge is 2.43. The third kappa shape index (κ3) is 10.2. The van der Waals surface area contributed by atoms with E-state index in [4.69, 9.17) is 36.0 Å². The van der Waals surface area contributed by atoms with Gasteiger partial charge >= 0.3 is 17.2 Å². The van der Waals surface area contributed by atoms with Crippen LogP contribution in [0.3, 0.4) is 0 Å². The van der Waals surface area contributed by atoms with E-state index < -0.39 is 48.4 Å². The third-order valence-electron chi connectivity index (χ3n) is 9.36. The van der Waals surface area contributed by atoms with E-state index in [1.54, 1.807) is 0 Å². The normalized spacial score (nSPS) is 17.1. The van der Waals surface area contributed by atoms with Crippen LogP contribution in [-0.4, -0.2) is 66.4 Å². The molecule has 6 aromatic carbocycles. The number of aromatic nitrogens is 2. The predicted octanol–water partition coefficient (Wildman–Crippen LogP) is 6.80. The first-order chi connectivity index (χ1) is 28.2. The molecule has 1 fully saturated rings. The number of amides is 1. The Morgan fingerprint density at radius 2 is 1.16 bits per heavy atom. The quantitative estimate of drug-likeness (QED) is 0.102. The van der Waals surface area contributed by atoms with Crippen molar-refractivity contribution in [3.05, 3.63) is 167 Å². The van der Waals surface area contributed by atoms with Gasteiger partial charge in [-0.2, -0.15) is 4.98 Å². The van der Waals surface area contributed by atoms with Crippen molar-refractivity contribution in [3.63, 3.8) is 0 Å². The SMILES string of the molecule is O=C(Cl)OCc1cccc2ccccc12.O=C(Nc1ccn(C2OC(CO)C(O)C2O)c(=O)n1)OCc1cccc2ccccc12.OCc1cccc2ccccc12. The first-order valence-corrected chi connectivity index (χ1v) is 18.5. The summed E-state index contributed by atoms with van der Waals surface area (Å²) < 4.78 is 16.3. The van der Waals surface area contributed by atoms with Crippen molar-refractivity contribution in [1.29, 1.82) is 0 Å². The molecule has 14 heteroatoms. The summed E-state index contributed by atoms with van der Waals surface area (Å²) in [4.78, 5) is 38.7. The zero-order chi connectivity index (χ0) is 41.0. The molecular formula is C44H40ClN3O10. The summed E-state index contributed by atoms with van der Waals surface area (Å²) in [5.41, 5.74) is 1.20. The van der Waals surface area contributed by atoms with E-state index in [9.17, 15) is 24.6 Å². The lowest BCUT2D eigenvalue weighted by molar-refractivity contribution is -0.0549. The van der Waals surface area contributed by atoms with Gasteiger partial charge < -0.3 is 34.6 Å². The van der Waals surface area contributed by atoms with E-state index in [0.29, 0.717) is 0 Å². The zero-order valence-electron chi connectivity index (χ0n) is 30.9. The number of carbonyl (C=O) groups is 2. The van der Waals surface area contributed by atoms with E-state index in [1.165, 1.54) is 17.6 Å². The number of ether oxygens (including phenoxy) is 3. The maximum Gasteiger partial charge on any atom is 0.413 e. The number of anilines is 1. The first-order valence-electron chi connectivity index (χ1n) is 18.1. The Morgan fingerprint density at radius 3 is 1.64 bits per heavy atom. The van der Waals surface area contributed by atoms with Crippen LogP contribution in [0.5, 0.6) is 0 Å². The highest BCUT2D eigenvalue weighted by molar-refractivity contribution is 6.61. The molecule has 0 aliphatic carbocycles. The highest BCUT2D eigenvalue weighted by atomic mass is 35.5. The number of nitrogens with zero attached hydrogens (tertiary/aromatic N) is 2. The summed E-state index contributed by atoms with van der Waals surface area (Å²) in [6.45, 7) is -0.156. The molecule has 1 aliphatic rings. The summed E-state index contributed by atoms with van der Waals surface area (Å²) in [7, 11) is 0. The molecule has 298 valence electrons. The fourth-order valence-electron chi connectivity index (χ4n) is 6.47. The van der Waals surface area contributed by atoms with Gasteiger partial charge in [0.05, 0.1) is 13.2 Å². The fourth-order valence-corrected chi connectivity index (χ4v) is 6.53. The number of halogens is 1. The molecule has 4 atom stereocenters. The molecule has 0 saturated carbocycles. The van der Waals surface area contributed by atoms with Gasteiger partial charge in [-0.1, -0.05) is 127 Å². The van der Waals surface area contributed by atoms with Gasteiger partial charge in [-0.05, 0) is 55.1 Å². The van der Waals surface area contributed by atoms with Crippen LogP contribution >= 0.6 is 11.6 Å². The summed E-state index contributed by atoms with van der Waals surface area (Å²) in [6, 6.07) is 42.6. The van der Waals surface area contributed by atoms with Gasteiger partial charge in [-0.15, -0.1) is 0 Å². The Hall–Kier alpha value is -6.19. The minimum Gasteiger partial charge on any atom is -0.449 e. The van der Waals surface area contributed by atoms with Crippen molar-refractivity contribution in [2.24, 2.45) is 0 Å². The predicted molar refractivity (Wildman–Crippen MR) is 219 cm³/mol. The lowest BCUT2D eigenvalue weighted by Gasteiger charge is -2.17. The van der Waals surface area contributed by atoms with Gasteiger partial charge in [0.25, 0.3) is 0 Å². The van der Waals surface area contributed by atoms with Crippen LogP contribution in [0.15, 0.2) is 144 Å². The molecule has 13 nitrogen and oxygen atoms in total. The molecule has 0 radical (unpaired) electrons. The Labute approximate surface area is 337 Å². The van der Waals surface area contributed by atoms with Gasteiger partial charge in [0.15, 0.2) is 6.23 Å². The maximum absolute atomic E-state index is 12.3. The second-order valence-electron chi connectivity index (χ2n) is 13.0. The van der Waals surface area contributed by atoms with Crippen LogP contribution < -0.4 is 11.0 Å². The Balaban J connectivity index is 0.000000172. The van der Waals surface area contributed by atoms with Crippen LogP contribution in [0.2, 0.25) is 0 Å². The Bertz CT molecular complexity index is 2550.